The van der Waals surface area contributed by atoms with Crippen LogP contribution in [0.25, 0.3) is 0 Å². The summed E-state index contributed by atoms with van der Waals surface area (Å²) in [5.41, 5.74) is 1.32. The zero-order chi connectivity index (χ0) is 34.1. The number of allylic oxidation sites excluding steroid dienone is 2. The van der Waals surface area contributed by atoms with Crippen LogP contribution in [0.1, 0.15) is 32.1 Å². The maximum absolute atomic E-state index is 10.7. The zero-order valence-corrected chi connectivity index (χ0v) is 31.9. The molecule has 2 bridgehead atoms. The molecule has 2 fully saturated rings. The number of hydrogen-bond donors (Lipinski definition) is 0. The van der Waals surface area contributed by atoms with Crippen molar-refractivity contribution < 1.29 is 45.3 Å². The van der Waals surface area contributed by atoms with Gasteiger partial charge in [0.2, 0.25) is 0 Å². The van der Waals surface area contributed by atoms with Crippen molar-refractivity contribution in [3.63, 3.8) is 0 Å². The van der Waals surface area contributed by atoms with Crippen LogP contribution in [0.4, 0.5) is 25.2 Å². The maximum atomic E-state index is 9.87. The minimum Gasteiger partial charge on any atom is -0.0496 e. The summed E-state index contributed by atoms with van der Waals surface area (Å²) < 4.78 is 59.2. The molecule has 2 saturated carbocycles. The third-order valence-electron chi connectivity index (χ3n) is 8.44. The van der Waals surface area contributed by atoms with E-state index in [0.29, 0.717) is 23.2 Å². The van der Waals surface area contributed by atoms with Crippen LogP contribution in [-0.4, -0.2) is 11.3 Å². The molecule has 4 atom stereocenters. The average molecular weight is 908 g/mol. The molecule has 0 heterocycles. The Morgan fingerprint density at radius 1 is 0.408 bits per heavy atom. The zero-order valence-electron chi connectivity index (χ0n) is 26.8. The Balaban J connectivity index is 0.000000282. The van der Waals surface area contributed by atoms with E-state index in [4.69, 9.17) is 0 Å². The third kappa shape index (κ3) is 13.0. The van der Waals surface area contributed by atoms with Crippen LogP contribution in [0.5, 0.6) is 0 Å². The molecule has 0 spiro atoms. The molecule has 5 radical (unpaired) electrons. The second kappa shape index (κ2) is 17.1. The van der Waals surface area contributed by atoms with E-state index in [2.05, 4.69) is 159 Å². The van der Waals surface area contributed by atoms with Gasteiger partial charge < -0.3 is 0 Å². The van der Waals surface area contributed by atoms with Gasteiger partial charge in [-0.05, 0) is 107 Å². The first kappa shape index (κ1) is 39.9. The molecule has 10 heteroatoms. The van der Waals surface area contributed by atoms with Gasteiger partial charge in [-0.3, -0.25) is 0 Å². The average Bonchev–Trinajstić information content (AvgIpc) is 3.65. The predicted octanol–water partition coefficient (Wildman–Crippen LogP) is 12.0. The van der Waals surface area contributed by atoms with Crippen LogP contribution in [0, 0.1) is 37.5 Å². The first-order valence-corrected chi connectivity index (χ1v) is 21.0. The monoisotopic (exact) mass is 908 g/mol. The quantitative estimate of drug-likeness (QED) is 0.103. The topological polar surface area (TPSA) is 0 Å². The van der Waals surface area contributed by atoms with Crippen LogP contribution >= 0.6 is 23.7 Å². The van der Waals surface area contributed by atoms with Gasteiger partial charge >= 0.3 is 33.0 Å². The molecule has 3 aliphatic rings. The van der Waals surface area contributed by atoms with Crippen LogP contribution in [0.15, 0.2) is 133 Å². The molecule has 7 rings (SSSR count). The fraction of sp³-hybridized carbons (Fsp3) is 0.231. The first-order chi connectivity index (χ1) is 22.8. The van der Waals surface area contributed by atoms with Gasteiger partial charge in [-0.1, -0.05) is 133 Å². The largest absolute Gasteiger partial charge is 0.0496 e. The van der Waals surface area contributed by atoms with Crippen LogP contribution in [0.2, 0.25) is 0 Å². The minimum atomic E-state index is -10.7. The van der Waals surface area contributed by atoms with Gasteiger partial charge in [-0.25, -0.2) is 0 Å². The third-order valence-corrected chi connectivity index (χ3v) is 14.7. The van der Waals surface area contributed by atoms with E-state index in [9.17, 15) is 25.2 Å². The summed E-state index contributed by atoms with van der Waals surface area (Å²) in [7, 11) is -11.6. The summed E-state index contributed by atoms with van der Waals surface area (Å²) in [5.74, 6) is 1.34. The Kier molecular flexibility index (Phi) is 13.9. The van der Waals surface area contributed by atoms with Crippen LogP contribution in [-0.2, 0) is 20.1 Å². The SMILES string of the molecule is C1=CC2CC1C(P(c1ccccc1)c1ccccc1)C2P(c1ccccc1)c1ccccc1.F[P-](F)(F)(F)(F)F.[CH]1[CH]CC[CH][CH]CC1.[Ir]. The van der Waals surface area contributed by atoms with Gasteiger partial charge in [-0.15, -0.1) is 0 Å². The molecular weight excluding hydrogens is 868 g/mol. The Morgan fingerprint density at radius 2 is 0.633 bits per heavy atom. The van der Waals surface area contributed by atoms with Crippen molar-refractivity contribution in [2.24, 2.45) is 11.8 Å². The summed E-state index contributed by atoms with van der Waals surface area (Å²) >= 11 is 0. The van der Waals surface area contributed by atoms with E-state index in [1.807, 2.05) is 0 Å². The molecule has 263 valence electrons. The van der Waals surface area contributed by atoms with Gasteiger partial charge in [0.1, 0.15) is 0 Å². The summed E-state index contributed by atoms with van der Waals surface area (Å²) in [6, 6.07) is 45.4. The van der Waals surface area contributed by atoms with E-state index >= 15 is 0 Å². The van der Waals surface area contributed by atoms with E-state index in [0.717, 1.165) is 0 Å². The second-order valence-electron chi connectivity index (χ2n) is 12.1. The first-order valence-electron chi connectivity index (χ1n) is 16.2. The molecule has 0 aliphatic heterocycles. The van der Waals surface area contributed by atoms with Gasteiger partial charge in [0, 0.05) is 31.4 Å². The van der Waals surface area contributed by atoms with E-state index < -0.39 is 23.7 Å². The van der Waals surface area contributed by atoms with Crippen molar-refractivity contribution in [1.29, 1.82) is 0 Å². The maximum Gasteiger partial charge on any atom is 0 e. The smallest absolute Gasteiger partial charge is 0 e. The standard InChI is InChI=1S/C31H28P2.C8H12.F6P.Ir/c1-5-13-26(14-6-1)32(27-15-7-2-8-16-27)30-24-21-22-25(23-24)31(30)33(28-17-9-3-10-18-28)29-19-11-4-12-20-29;1-2-4-6-8-7-5-3-1;1-7(2,3,4,5)6;/h1-22,24-25,30-31H,23H2;1-2,7-8H,3-6H2;;/q;;-1;. The summed E-state index contributed by atoms with van der Waals surface area (Å²) in [6.45, 7) is 0. The number of rotatable bonds is 6. The van der Waals surface area contributed by atoms with Crippen molar-refractivity contribution >= 4 is 44.9 Å². The Labute approximate surface area is 303 Å². The summed E-state index contributed by atoms with van der Waals surface area (Å²) in [4.78, 5) is 0. The van der Waals surface area contributed by atoms with E-state index in [-0.39, 0.29) is 20.1 Å². The van der Waals surface area contributed by atoms with E-state index in [1.54, 1.807) is 0 Å². The number of hydrogen-bond acceptors (Lipinski definition) is 0. The summed E-state index contributed by atoms with van der Waals surface area (Å²) in [5, 5.41) is 6.08. The fourth-order valence-electron chi connectivity index (χ4n) is 6.66. The van der Waals surface area contributed by atoms with Gasteiger partial charge in [0.05, 0.1) is 0 Å². The molecule has 0 nitrogen and oxygen atoms in total. The summed E-state index contributed by atoms with van der Waals surface area (Å²) in [6.07, 6.45) is 20.4. The molecule has 0 N–H and O–H groups in total. The predicted molar refractivity (Wildman–Crippen MR) is 196 cm³/mol. The molecule has 3 aliphatic carbocycles. The molecule has 0 aromatic heterocycles. The minimum absolute atomic E-state index is 0. The molecular formula is C39H40F6IrP3-. The second-order valence-corrected chi connectivity index (χ2v) is 18.7. The van der Waals surface area contributed by atoms with Crippen molar-refractivity contribution in [3.05, 3.63) is 159 Å². The number of fused-ring (bicyclic) bond motifs is 2. The number of benzene rings is 4. The van der Waals surface area contributed by atoms with Gasteiger partial charge in [0.25, 0.3) is 0 Å². The van der Waals surface area contributed by atoms with Gasteiger partial charge in [0.15, 0.2) is 0 Å². The number of halogens is 6. The van der Waals surface area contributed by atoms with Gasteiger partial charge in [-0.2, -0.15) is 0 Å². The Bertz CT molecular complexity index is 1360. The fourth-order valence-corrected chi connectivity index (χ4v) is 13.7. The van der Waals surface area contributed by atoms with Crippen LogP contribution < -0.4 is 21.2 Å². The Morgan fingerprint density at radius 3 is 0.857 bits per heavy atom. The molecule has 0 amide bonds. The van der Waals surface area contributed by atoms with Crippen LogP contribution in [0.3, 0.4) is 0 Å². The molecule has 4 unspecified atom stereocenters. The molecule has 49 heavy (non-hydrogen) atoms. The van der Waals surface area contributed by atoms with Crippen molar-refractivity contribution in [3.8, 4) is 0 Å². The molecule has 4 aromatic rings. The molecule has 4 aromatic carbocycles. The normalized spacial score (nSPS) is 23.0. The molecule has 0 saturated heterocycles. The van der Waals surface area contributed by atoms with E-state index in [1.165, 1.54) is 53.3 Å². The van der Waals surface area contributed by atoms with Crippen molar-refractivity contribution in [2.45, 2.75) is 43.4 Å². The Hall–Kier alpha value is -1.86. The van der Waals surface area contributed by atoms with Crippen molar-refractivity contribution in [2.75, 3.05) is 0 Å². The van der Waals surface area contributed by atoms with Crippen molar-refractivity contribution in [1.82, 2.24) is 0 Å².